The van der Waals surface area contributed by atoms with Gasteiger partial charge in [-0.05, 0) is 0 Å². The number of aryl methyl sites for hydroxylation is 1. The average molecular weight is 244 g/mol. The van der Waals surface area contributed by atoms with Crippen LogP contribution in [0.4, 0.5) is 0 Å². The molecule has 0 fully saturated rings. The fraction of sp³-hybridized carbons (Fsp3) is 0.444. The highest BCUT2D eigenvalue weighted by molar-refractivity contribution is 9.11. The van der Waals surface area contributed by atoms with Crippen molar-refractivity contribution in [2.75, 3.05) is 13.1 Å². The minimum atomic E-state index is 0.810. The van der Waals surface area contributed by atoms with Crippen LogP contribution in [0.3, 0.4) is 0 Å². The van der Waals surface area contributed by atoms with Crippen LogP contribution in [0.15, 0.2) is 23.5 Å². The number of rotatable bonds is 5. The number of nitrogens with zero attached hydrogens (tertiary/aromatic N) is 2. The Kier molecular flexibility index (Phi) is 4.18. The molecule has 1 rings (SSSR count). The molecule has 0 spiro atoms. The minimum absolute atomic E-state index is 0.810. The lowest BCUT2D eigenvalue weighted by Crippen LogP contribution is -2.19. The Bertz CT molecular complexity index is 280. The zero-order valence-corrected chi connectivity index (χ0v) is 9.34. The minimum Gasteiger partial charge on any atom is -0.338 e. The van der Waals surface area contributed by atoms with E-state index in [9.17, 15) is 0 Å². The van der Waals surface area contributed by atoms with E-state index in [0.717, 1.165) is 29.8 Å². The lowest BCUT2D eigenvalue weighted by Gasteiger charge is -2.03. The van der Waals surface area contributed by atoms with Gasteiger partial charge in [-0.1, -0.05) is 22.5 Å². The summed E-state index contributed by atoms with van der Waals surface area (Å²) in [4.78, 5) is 4.22. The molecule has 0 atom stereocenters. The molecular formula is C9H14BrN3. The highest BCUT2D eigenvalue weighted by Gasteiger charge is 1.97. The van der Waals surface area contributed by atoms with Crippen LogP contribution < -0.4 is 5.32 Å². The Morgan fingerprint density at radius 1 is 1.77 bits per heavy atom. The van der Waals surface area contributed by atoms with Crippen LogP contribution >= 0.6 is 15.9 Å². The molecule has 1 heterocycles. The lowest BCUT2D eigenvalue weighted by molar-refractivity contribution is 0.691. The van der Waals surface area contributed by atoms with E-state index < -0.39 is 0 Å². The van der Waals surface area contributed by atoms with E-state index in [-0.39, 0.29) is 0 Å². The summed E-state index contributed by atoms with van der Waals surface area (Å²) in [5.41, 5.74) is 0. The quantitative estimate of drug-likeness (QED) is 0.795. The van der Waals surface area contributed by atoms with Crippen molar-refractivity contribution >= 4 is 15.9 Å². The van der Waals surface area contributed by atoms with Gasteiger partial charge in [0, 0.05) is 43.4 Å². The van der Waals surface area contributed by atoms with E-state index in [1.165, 1.54) is 0 Å². The normalized spacial score (nSPS) is 10.3. The fourth-order valence-electron chi connectivity index (χ4n) is 1.06. The summed E-state index contributed by atoms with van der Waals surface area (Å²) in [6.07, 6.45) is 4.72. The van der Waals surface area contributed by atoms with Crippen molar-refractivity contribution in [2.24, 2.45) is 7.05 Å². The number of hydrogen-bond acceptors (Lipinski definition) is 2. The number of hydrogen-bond donors (Lipinski definition) is 1. The first kappa shape index (κ1) is 10.5. The highest BCUT2D eigenvalue weighted by Crippen LogP contribution is 1.97. The zero-order chi connectivity index (χ0) is 9.68. The van der Waals surface area contributed by atoms with Crippen molar-refractivity contribution < 1.29 is 0 Å². The van der Waals surface area contributed by atoms with E-state index in [2.05, 4.69) is 32.8 Å². The molecule has 1 aromatic heterocycles. The van der Waals surface area contributed by atoms with Gasteiger partial charge >= 0.3 is 0 Å². The molecule has 1 N–H and O–H groups in total. The first-order valence-corrected chi connectivity index (χ1v) is 4.99. The Balaban J connectivity index is 2.20. The molecule has 0 saturated heterocycles. The predicted octanol–water partition coefficient (Wildman–Crippen LogP) is 1.46. The van der Waals surface area contributed by atoms with E-state index in [0.29, 0.717) is 0 Å². The van der Waals surface area contributed by atoms with Gasteiger partial charge < -0.3 is 9.88 Å². The standard InChI is InChI=1S/C9H14BrN3/c1-8(10)7-11-4-3-9-12-5-6-13(9)2/h5-6,11H,1,3-4,7H2,2H3. The van der Waals surface area contributed by atoms with Crippen LogP contribution in [0, 0.1) is 0 Å². The second-order valence-electron chi connectivity index (χ2n) is 2.90. The molecule has 13 heavy (non-hydrogen) atoms. The maximum atomic E-state index is 4.22. The summed E-state index contributed by atoms with van der Waals surface area (Å²) in [5.74, 6) is 1.10. The molecule has 0 aliphatic rings. The zero-order valence-electron chi connectivity index (χ0n) is 7.76. The second kappa shape index (κ2) is 5.19. The summed E-state index contributed by atoms with van der Waals surface area (Å²) in [5, 5.41) is 3.25. The summed E-state index contributed by atoms with van der Waals surface area (Å²) in [6.45, 7) is 5.48. The molecule has 0 unspecified atom stereocenters. The molecule has 0 amide bonds. The summed E-state index contributed by atoms with van der Waals surface area (Å²) in [7, 11) is 2.01. The van der Waals surface area contributed by atoms with Gasteiger partial charge in [0.25, 0.3) is 0 Å². The molecule has 72 valence electrons. The fourth-order valence-corrected chi connectivity index (χ4v) is 1.26. The van der Waals surface area contributed by atoms with E-state index in [1.54, 1.807) is 0 Å². The van der Waals surface area contributed by atoms with Gasteiger partial charge in [-0.2, -0.15) is 0 Å². The Morgan fingerprint density at radius 2 is 2.54 bits per heavy atom. The van der Waals surface area contributed by atoms with Crippen molar-refractivity contribution in [2.45, 2.75) is 6.42 Å². The van der Waals surface area contributed by atoms with Gasteiger partial charge in [-0.3, -0.25) is 0 Å². The third-order valence-electron chi connectivity index (χ3n) is 1.76. The van der Waals surface area contributed by atoms with Gasteiger partial charge in [-0.25, -0.2) is 4.98 Å². The Morgan fingerprint density at radius 3 is 3.08 bits per heavy atom. The second-order valence-corrected chi connectivity index (χ2v) is 4.02. The third kappa shape index (κ3) is 3.74. The first-order chi connectivity index (χ1) is 6.20. The van der Waals surface area contributed by atoms with Crippen molar-refractivity contribution in [1.29, 1.82) is 0 Å². The number of aromatic nitrogens is 2. The molecule has 0 aliphatic heterocycles. The first-order valence-electron chi connectivity index (χ1n) is 4.20. The van der Waals surface area contributed by atoms with Gasteiger partial charge in [-0.15, -0.1) is 0 Å². The van der Waals surface area contributed by atoms with Crippen LogP contribution in [0.2, 0.25) is 0 Å². The summed E-state index contributed by atoms with van der Waals surface area (Å²) >= 11 is 3.29. The molecule has 0 bridgehead atoms. The number of halogens is 1. The molecule has 0 aromatic carbocycles. The Labute approximate surface area is 87.0 Å². The molecular weight excluding hydrogens is 230 g/mol. The molecule has 4 heteroatoms. The summed E-state index contributed by atoms with van der Waals surface area (Å²) in [6, 6.07) is 0. The van der Waals surface area contributed by atoms with Crippen LogP contribution in [-0.4, -0.2) is 22.6 Å². The van der Waals surface area contributed by atoms with Crippen molar-refractivity contribution in [1.82, 2.24) is 14.9 Å². The maximum absolute atomic E-state index is 4.22. The van der Waals surface area contributed by atoms with Crippen molar-refractivity contribution in [3.05, 3.63) is 29.3 Å². The molecule has 1 aromatic rings. The van der Waals surface area contributed by atoms with Gasteiger partial charge in [0.15, 0.2) is 0 Å². The molecule has 3 nitrogen and oxygen atoms in total. The largest absolute Gasteiger partial charge is 0.338 e. The predicted molar refractivity (Wildman–Crippen MR) is 57.8 cm³/mol. The Hall–Kier alpha value is -0.610. The van der Waals surface area contributed by atoms with Crippen LogP contribution in [0.5, 0.6) is 0 Å². The third-order valence-corrected chi connectivity index (χ3v) is 2.04. The van der Waals surface area contributed by atoms with Crippen molar-refractivity contribution in [3.8, 4) is 0 Å². The average Bonchev–Trinajstić information content (AvgIpc) is 2.45. The lowest BCUT2D eigenvalue weighted by atomic mass is 10.4. The molecule has 0 radical (unpaired) electrons. The van der Waals surface area contributed by atoms with E-state index in [1.807, 2.05) is 24.0 Å². The molecule has 0 aliphatic carbocycles. The molecule has 0 saturated carbocycles. The van der Waals surface area contributed by atoms with E-state index in [4.69, 9.17) is 0 Å². The van der Waals surface area contributed by atoms with Gasteiger partial charge in [0.05, 0.1) is 0 Å². The smallest absolute Gasteiger partial charge is 0.109 e. The monoisotopic (exact) mass is 243 g/mol. The highest BCUT2D eigenvalue weighted by atomic mass is 79.9. The maximum Gasteiger partial charge on any atom is 0.109 e. The van der Waals surface area contributed by atoms with Crippen LogP contribution in [0.1, 0.15) is 5.82 Å². The number of imidazole rings is 1. The SMILES string of the molecule is C=C(Br)CNCCc1nccn1C. The topological polar surface area (TPSA) is 29.9 Å². The van der Waals surface area contributed by atoms with Crippen molar-refractivity contribution in [3.63, 3.8) is 0 Å². The van der Waals surface area contributed by atoms with Gasteiger partial charge in [0.1, 0.15) is 5.82 Å². The van der Waals surface area contributed by atoms with Crippen LogP contribution in [-0.2, 0) is 13.5 Å². The van der Waals surface area contributed by atoms with E-state index >= 15 is 0 Å². The summed E-state index contributed by atoms with van der Waals surface area (Å²) < 4.78 is 3.01. The number of nitrogens with one attached hydrogen (secondary N) is 1. The van der Waals surface area contributed by atoms with Gasteiger partial charge in [0.2, 0.25) is 0 Å². The van der Waals surface area contributed by atoms with Crippen LogP contribution in [0.25, 0.3) is 0 Å².